The van der Waals surface area contributed by atoms with Gasteiger partial charge in [-0.1, -0.05) is 0 Å². The highest BCUT2D eigenvalue weighted by Gasteiger charge is 2.25. The summed E-state index contributed by atoms with van der Waals surface area (Å²) in [6.07, 6.45) is 0. The fraction of sp³-hybridized carbons (Fsp3) is 0. The van der Waals surface area contributed by atoms with E-state index in [1.807, 2.05) is 0 Å². The topological polar surface area (TPSA) is 149 Å². The van der Waals surface area contributed by atoms with Crippen LogP contribution >= 0.6 is 0 Å². The second-order valence-electron chi connectivity index (χ2n) is 2.71. The Morgan fingerprint density at radius 1 is 0.750 bits per heavy atom. The van der Waals surface area contributed by atoms with Gasteiger partial charge in [-0.25, -0.2) is 0 Å². The molecule has 8 nitrogen and oxygen atoms in total. The fourth-order valence-electron chi connectivity index (χ4n) is 0.959. The third-order valence-corrected chi connectivity index (χ3v) is 3.40. The van der Waals surface area contributed by atoms with Crippen molar-refractivity contribution in [3.63, 3.8) is 0 Å². The lowest BCUT2D eigenvalue weighted by Gasteiger charge is -2.06. The van der Waals surface area contributed by atoms with Gasteiger partial charge in [-0.15, -0.1) is 0 Å². The molecular weight excluding hydrogens is 264 g/mol. The van der Waals surface area contributed by atoms with Gasteiger partial charge in [0.25, 0.3) is 20.2 Å². The van der Waals surface area contributed by atoms with Crippen molar-refractivity contribution >= 4 is 20.2 Å². The van der Waals surface area contributed by atoms with E-state index in [1.165, 1.54) is 0 Å². The van der Waals surface area contributed by atoms with Gasteiger partial charge in [-0.3, -0.25) is 9.11 Å². The minimum Gasteiger partial charge on any atom is -0.503 e. The van der Waals surface area contributed by atoms with E-state index in [4.69, 9.17) is 19.3 Å². The molecular formula is C6H6O8S2. The molecule has 4 N–H and O–H groups in total. The first-order chi connectivity index (χ1) is 7.05. The van der Waals surface area contributed by atoms with Crippen LogP contribution in [0.25, 0.3) is 0 Å². The lowest BCUT2D eigenvalue weighted by Crippen LogP contribution is -2.03. The Morgan fingerprint density at radius 3 is 1.19 bits per heavy atom. The quantitative estimate of drug-likeness (QED) is 0.418. The number of phenols is 2. The molecule has 1 aromatic carbocycles. The van der Waals surface area contributed by atoms with E-state index < -0.39 is 41.5 Å². The lowest BCUT2D eigenvalue weighted by molar-refractivity contribution is 0.376. The van der Waals surface area contributed by atoms with Crippen LogP contribution in [0.4, 0.5) is 0 Å². The van der Waals surface area contributed by atoms with Crippen molar-refractivity contribution < 1.29 is 36.2 Å². The molecule has 0 heterocycles. The highest BCUT2D eigenvalue weighted by atomic mass is 32.2. The molecule has 0 aromatic heterocycles. The summed E-state index contributed by atoms with van der Waals surface area (Å²) in [6, 6.07) is 1.04. The largest absolute Gasteiger partial charge is 0.503 e. The Kier molecular flexibility index (Phi) is 2.85. The van der Waals surface area contributed by atoms with E-state index in [0.717, 1.165) is 0 Å². The van der Waals surface area contributed by atoms with E-state index in [0.29, 0.717) is 12.1 Å². The third kappa shape index (κ3) is 2.24. The molecule has 0 aliphatic heterocycles. The molecule has 0 atom stereocenters. The molecule has 90 valence electrons. The SMILES string of the molecule is O=S(=O)(O)c1ccc(S(=O)(=O)O)c(O)c1O. The van der Waals surface area contributed by atoms with Gasteiger partial charge in [-0.2, -0.15) is 16.8 Å². The van der Waals surface area contributed by atoms with Gasteiger partial charge < -0.3 is 10.2 Å². The molecule has 0 radical (unpaired) electrons. The molecule has 0 amide bonds. The van der Waals surface area contributed by atoms with Crippen LogP contribution in [0.3, 0.4) is 0 Å². The molecule has 0 aliphatic carbocycles. The van der Waals surface area contributed by atoms with Crippen LogP contribution in [0.15, 0.2) is 21.9 Å². The molecule has 0 saturated carbocycles. The van der Waals surface area contributed by atoms with Crippen molar-refractivity contribution in [1.82, 2.24) is 0 Å². The number of hydrogen-bond donors (Lipinski definition) is 4. The average Bonchev–Trinajstić information content (AvgIpc) is 2.05. The smallest absolute Gasteiger partial charge is 0.298 e. The first-order valence-electron chi connectivity index (χ1n) is 3.55. The maximum absolute atomic E-state index is 10.6. The van der Waals surface area contributed by atoms with Gasteiger partial charge in [0.2, 0.25) is 0 Å². The zero-order chi connectivity index (χ0) is 12.7. The Balaban J connectivity index is 3.67. The molecule has 0 aliphatic rings. The maximum atomic E-state index is 10.6. The molecule has 1 rings (SSSR count). The van der Waals surface area contributed by atoms with E-state index in [1.54, 1.807) is 0 Å². The standard InChI is InChI=1S/C6H6O8S2/c7-5-3(15(9,10)11)1-2-4(6(5)8)16(12,13)14/h1-2,7-8H,(H,9,10,11)(H,12,13,14). The third-order valence-electron chi connectivity index (χ3n) is 1.63. The monoisotopic (exact) mass is 270 g/mol. The molecule has 0 spiro atoms. The number of benzene rings is 1. The van der Waals surface area contributed by atoms with Crippen LogP contribution in [0.1, 0.15) is 0 Å². The normalized spacial score (nSPS) is 12.6. The Morgan fingerprint density at radius 2 is 1.00 bits per heavy atom. The minimum atomic E-state index is -4.80. The molecule has 0 bridgehead atoms. The summed E-state index contributed by atoms with van der Waals surface area (Å²) >= 11 is 0. The van der Waals surface area contributed by atoms with Crippen molar-refractivity contribution in [1.29, 1.82) is 0 Å². The lowest BCUT2D eigenvalue weighted by atomic mass is 10.3. The molecule has 10 heteroatoms. The van der Waals surface area contributed by atoms with Gasteiger partial charge in [0, 0.05) is 0 Å². The summed E-state index contributed by atoms with van der Waals surface area (Å²) in [6.45, 7) is 0. The molecule has 0 fully saturated rings. The van der Waals surface area contributed by atoms with Crippen molar-refractivity contribution in [3.05, 3.63) is 12.1 Å². The molecule has 0 unspecified atom stereocenters. The number of rotatable bonds is 2. The van der Waals surface area contributed by atoms with Crippen LogP contribution < -0.4 is 0 Å². The van der Waals surface area contributed by atoms with E-state index in [9.17, 15) is 16.8 Å². The van der Waals surface area contributed by atoms with E-state index in [2.05, 4.69) is 0 Å². The van der Waals surface area contributed by atoms with Crippen molar-refractivity contribution in [2.24, 2.45) is 0 Å². The Labute approximate surface area is 90.3 Å². The number of aromatic hydroxyl groups is 2. The van der Waals surface area contributed by atoms with Gasteiger partial charge in [0.15, 0.2) is 11.5 Å². The summed E-state index contributed by atoms with van der Waals surface area (Å²) in [4.78, 5) is -2.14. The average molecular weight is 270 g/mol. The zero-order valence-electron chi connectivity index (χ0n) is 7.39. The molecule has 0 saturated heterocycles. The highest BCUT2D eigenvalue weighted by molar-refractivity contribution is 7.86. The predicted molar refractivity (Wildman–Crippen MR) is 49.4 cm³/mol. The number of phenolic OH excluding ortho intramolecular Hbond substituents is 2. The first kappa shape index (κ1) is 12.7. The van der Waals surface area contributed by atoms with Crippen LogP contribution in [0.5, 0.6) is 11.5 Å². The van der Waals surface area contributed by atoms with Crippen LogP contribution in [-0.4, -0.2) is 36.2 Å². The first-order valence-corrected chi connectivity index (χ1v) is 6.43. The van der Waals surface area contributed by atoms with Crippen molar-refractivity contribution in [2.45, 2.75) is 9.79 Å². The summed E-state index contributed by atoms with van der Waals surface area (Å²) < 4.78 is 59.7. The maximum Gasteiger partial charge on any atom is 0.298 e. The minimum absolute atomic E-state index is 0.521. The zero-order valence-corrected chi connectivity index (χ0v) is 9.03. The second-order valence-corrected chi connectivity index (χ2v) is 5.49. The molecule has 16 heavy (non-hydrogen) atoms. The molecule has 1 aromatic rings. The van der Waals surface area contributed by atoms with Gasteiger partial charge >= 0.3 is 0 Å². The Bertz CT molecular complexity index is 570. The summed E-state index contributed by atoms with van der Waals surface area (Å²) in [5.41, 5.74) is 0. The van der Waals surface area contributed by atoms with E-state index in [-0.39, 0.29) is 0 Å². The van der Waals surface area contributed by atoms with Crippen molar-refractivity contribution in [3.8, 4) is 11.5 Å². The number of hydrogen-bond acceptors (Lipinski definition) is 6. The summed E-state index contributed by atoms with van der Waals surface area (Å²) in [7, 11) is -9.61. The van der Waals surface area contributed by atoms with Gasteiger partial charge in [0.1, 0.15) is 9.79 Å². The second kappa shape index (κ2) is 3.59. The Hall–Kier alpha value is -1.36. The van der Waals surface area contributed by atoms with Crippen LogP contribution in [0.2, 0.25) is 0 Å². The van der Waals surface area contributed by atoms with Crippen molar-refractivity contribution in [2.75, 3.05) is 0 Å². The summed E-state index contributed by atoms with van der Waals surface area (Å²) in [5, 5.41) is 18.2. The summed E-state index contributed by atoms with van der Waals surface area (Å²) in [5.74, 6) is -2.73. The van der Waals surface area contributed by atoms with Crippen LogP contribution in [0, 0.1) is 0 Å². The van der Waals surface area contributed by atoms with Gasteiger partial charge in [-0.05, 0) is 12.1 Å². The van der Waals surface area contributed by atoms with Crippen LogP contribution in [-0.2, 0) is 20.2 Å². The fourth-order valence-corrected chi connectivity index (χ4v) is 2.12. The predicted octanol–water partition coefficient (Wildman–Crippen LogP) is -0.409. The highest BCUT2D eigenvalue weighted by Crippen LogP contribution is 2.37. The van der Waals surface area contributed by atoms with E-state index >= 15 is 0 Å². The van der Waals surface area contributed by atoms with Gasteiger partial charge in [0.05, 0.1) is 0 Å².